The average molecular weight is 231 g/mol. The van der Waals surface area contributed by atoms with Crippen LogP contribution >= 0.6 is 0 Å². The molecule has 2 heteroatoms. The molecular weight excluding hydrogens is 210 g/mol. The van der Waals surface area contributed by atoms with Crippen LogP contribution in [0.5, 0.6) is 0 Å². The SMILES string of the molecule is CC(C)(C)c1ccc2noc(C(C)(C)C)c2c1. The van der Waals surface area contributed by atoms with E-state index in [1.54, 1.807) is 0 Å². The maximum atomic E-state index is 5.50. The summed E-state index contributed by atoms with van der Waals surface area (Å²) in [6, 6.07) is 6.40. The fourth-order valence-electron chi connectivity index (χ4n) is 1.95. The molecule has 0 radical (unpaired) electrons. The second-order valence-corrected chi connectivity index (χ2v) is 6.74. The van der Waals surface area contributed by atoms with Gasteiger partial charge in [-0.25, -0.2) is 0 Å². The summed E-state index contributed by atoms with van der Waals surface area (Å²) in [7, 11) is 0. The molecule has 1 aromatic carbocycles. The van der Waals surface area contributed by atoms with Crippen molar-refractivity contribution in [2.24, 2.45) is 0 Å². The summed E-state index contributed by atoms with van der Waals surface area (Å²) in [5.74, 6) is 0.971. The van der Waals surface area contributed by atoms with Crippen LogP contribution in [0.15, 0.2) is 22.7 Å². The Morgan fingerprint density at radius 1 is 0.941 bits per heavy atom. The lowest BCUT2D eigenvalue weighted by molar-refractivity contribution is 0.336. The number of hydrogen-bond acceptors (Lipinski definition) is 2. The van der Waals surface area contributed by atoms with Crippen LogP contribution in [0.2, 0.25) is 0 Å². The smallest absolute Gasteiger partial charge is 0.149 e. The highest BCUT2D eigenvalue weighted by atomic mass is 16.5. The summed E-state index contributed by atoms with van der Waals surface area (Å²) in [6.45, 7) is 13.1. The molecule has 0 saturated heterocycles. The normalized spacial score (nSPS) is 13.3. The Balaban J connectivity index is 2.67. The molecule has 0 saturated carbocycles. The van der Waals surface area contributed by atoms with Gasteiger partial charge in [0.05, 0.1) is 0 Å². The molecular formula is C15H21NO. The van der Waals surface area contributed by atoms with Gasteiger partial charge in [-0.2, -0.15) is 0 Å². The zero-order valence-electron chi connectivity index (χ0n) is 11.6. The monoisotopic (exact) mass is 231 g/mol. The number of rotatable bonds is 0. The molecule has 17 heavy (non-hydrogen) atoms. The molecule has 0 atom stereocenters. The third-order valence-corrected chi connectivity index (χ3v) is 3.02. The molecule has 0 aliphatic carbocycles. The molecule has 1 aromatic heterocycles. The standard InChI is InChI=1S/C15H21NO/c1-14(2,3)10-7-8-12-11(9-10)13(17-16-12)15(4,5)6/h7-9H,1-6H3. The summed E-state index contributed by atoms with van der Waals surface area (Å²) < 4.78 is 5.50. The number of hydrogen-bond donors (Lipinski definition) is 0. The lowest BCUT2D eigenvalue weighted by Gasteiger charge is -2.19. The highest BCUT2D eigenvalue weighted by Gasteiger charge is 2.24. The van der Waals surface area contributed by atoms with Crippen molar-refractivity contribution in [1.82, 2.24) is 5.16 Å². The first-order valence-electron chi connectivity index (χ1n) is 6.10. The van der Waals surface area contributed by atoms with Crippen molar-refractivity contribution in [3.63, 3.8) is 0 Å². The van der Waals surface area contributed by atoms with E-state index in [9.17, 15) is 0 Å². The summed E-state index contributed by atoms with van der Waals surface area (Å²) in [5, 5.41) is 5.28. The first kappa shape index (κ1) is 12.2. The third kappa shape index (κ3) is 2.21. The van der Waals surface area contributed by atoms with E-state index in [-0.39, 0.29) is 10.8 Å². The molecule has 0 N–H and O–H groups in total. The predicted octanol–water partition coefficient (Wildman–Crippen LogP) is 4.42. The fourth-order valence-corrected chi connectivity index (χ4v) is 1.95. The molecule has 0 spiro atoms. The minimum Gasteiger partial charge on any atom is -0.360 e. The molecule has 0 aliphatic rings. The van der Waals surface area contributed by atoms with Gasteiger partial charge in [0.2, 0.25) is 0 Å². The molecule has 2 aromatic rings. The van der Waals surface area contributed by atoms with Gasteiger partial charge in [-0.1, -0.05) is 52.8 Å². The van der Waals surface area contributed by atoms with Gasteiger partial charge in [0.25, 0.3) is 0 Å². The van der Waals surface area contributed by atoms with Crippen LogP contribution in [-0.4, -0.2) is 5.16 Å². The molecule has 0 fully saturated rings. The number of benzene rings is 1. The lowest BCUT2D eigenvalue weighted by Crippen LogP contribution is -2.12. The van der Waals surface area contributed by atoms with Gasteiger partial charge in [0.1, 0.15) is 11.3 Å². The van der Waals surface area contributed by atoms with Crippen LogP contribution in [0.3, 0.4) is 0 Å². The van der Waals surface area contributed by atoms with Crippen molar-refractivity contribution in [1.29, 1.82) is 0 Å². The van der Waals surface area contributed by atoms with Gasteiger partial charge in [-0.3, -0.25) is 0 Å². The summed E-state index contributed by atoms with van der Waals surface area (Å²) in [6.07, 6.45) is 0. The van der Waals surface area contributed by atoms with Crippen molar-refractivity contribution in [2.45, 2.75) is 52.4 Å². The first-order valence-corrected chi connectivity index (χ1v) is 6.10. The Morgan fingerprint density at radius 3 is 2.12 bits per heavy atom. The second-order valence-electron chi connectivity index (χ2n) is 6.74. The van der Waals surface area contributed by atoms with E-state index in [1.807, 2.05) is 0 Å². The van der Waals surface area contributed by atoms with Crippen LogP contribution < -0.4 is 0 Å². The van der Waals surface area contributed by atoms with Crippen LogP contribution in [0.25, 0.3) is 10.9 Å². The van der Waals surface area contributed by atoms with Gasteiger partial charge < -0.3 is 4.52 Å². The Morgan fingerprint density at radius 2 is 1.59 bits per heavy atom. The van der Waals surface area contributed by atoms with Crippen molar-refractivity contribution in [3.8, 4) is 0 Å². The number of fused-ring (bicyclic) bond motifs is 1. The van der Waals surface area contributed by atoms with Crippen LogP contribution in [0, 0.1) is 0 Å². The minimum absolute atomic E-state index is 0.00867. The maximum absolute atomic E-state index is 5.50. The number of aromatic nitrogens is 1. The summed E-state index contributed by atoms with van der Waals surface area (Å²) in [4.78, 5) is 0. The largest absolute Gasteiger partial charge is 0.360 e. The van der Waals surface area contributed by atoms with Gasteiger partial charge in [-0.05, 0) is 23.1 Å². The average Bonchev–Trinajstić information content (AvgIpc) is 2.57. The molecule has 1 heterocycles. The maximum Gasteiger partial charge on any atom is 0.149 e. The Bertz CT molecular complexity index is 538. The van der Waals surface area contributed by atoms with E-state index in [4.69, 9.17) is 4.52 Å². The molecule has 2 rings (SSSR count). The predicted molar refractivity (Wildman–Crippen MR) is 71.4 cm³/mol. The molecule has 0 unspecified atom stereocenters. The second kappa shape index (κ2) is 3.59. The topological polar surface area (TPSA) is 26.0 Å². The number of nitrogens with zero attached hydrogens (tertiary/aromatic N) is 1. The Kier molecular flexibility index (Phi) is 2.57. The van der Waals surface area contributed by atoms with Crippen molar-refractivity contribution >= 4 is 10.9 Å². The van der Waals surface area contributed by atoms with E-state index in [0.29, 0.717) is 0 Å². The molecule has 0 amide bonds. The van der Waals surface area contributed by atoms with E-state index in [1.165, 1.54) is 5.56 Å². The van der Waals surface area contributed by atoms with Gasteiger partial charge >= 0.3 is 0 Å². The quantitative estimate of drug-likeness (QED) is 0.670. The summed E-state index contributed by atoms with van der Waals surface area (Å²) in [5.41, 5.74) is 2.41. The highest BCUT2D eigenvalue weighted by Crippen LogP contribution is 2.33. The fraction of sp³-hybridized carbons (Fsp3) is 0.533. The molecule has 0 aliphatic heterocycles. The van der Waals surface area contributed by atoms with Crippen LogP contribution in [0.1, 0.15) is 52.9 Å². The van der Waals surface area contributed by atoms with Crippen molar-refractivity contribution in [3.05, 3.63) is 29.5 Å². The van der Waals surface area contributed by atoms with E-state index in [2.05, 4.69) is 64.9 Å². The zero-order chi connectivity index (χ0) is 12.8. The van der Waals surface area contributed by atoms with Crippen molar-refractivity contribution < 1.29 is 4.52 Å². The minimum atomic E-state index is -0.00867. The third-order valence-electron chi connectivity index (χ3n) is 3.02. The summed E-state index contributed by atoms with van der Waals surface area (Å²) >= 11 is 0. The van der Waals surface area contributed by atoms with E-state index in [0.717, 1.165) is 16.7 Å². The molecule has 2 nitrogen and oxygen atoms in total. The first-order chi connectivity index (χ1) is 7.69. The van der Waals surface area contributed by atoms with Gasteiger partial charge in [0, 0.05) is 10.8 Å². The van der Waals surface area contributed by atoms with E-state index < -0.39 is 0 Å². The van der Waals surface area contributed by atoms with Gasteiger partial charge in [0.15, 0.2) is 0 Å². The highest BCUT2D eigenvalue weighted by molar-refractivity contribution is 5.82. The lowest BCUT2D eigenvalue weighted by atomic mass is 9.84. The van der Waals surface area contributed by atoms with Crippen LogP contribution in [-0.2, 0) is 10.8 Å². The van der Waals surface area contributed by atoms with Crippen molar-refractivity contribution in [2.75, 3.05) is 0 Å². The molecule has 92 valence electrons. The van der Waals surface area contributed by atoms with E-state index >= 15 is 0 Å². The molecule has 0 bridgehead atoms. The Labute approximate surface area is 103 Å². The zero-order valence-corrected chi connectivity index (χ0v) is 11.6. The Hall–Kier alpha value is -1.31. The van der Waals surface area contributed by atoms with Gasteiger partial charge in [-0.15, -0.1) is 0 Å². The van der Waals surface area contributed by atoms with Crippen LogP contribution in [0.4, 0.5) is 0 Å².